The number of fused-ring (bicyclic) bond motifs is 1. The molecular formula is C22H26BrClN2. The molecule has 138 valence electrons. The van der Waals surface area contributed by atoms with Gasteiger partial charge in [0.1, 0.15) is 0 Å². The summed E-state index contributed by atoms with van der Waals surface area (Å²) in [7, 11) is 0. The van der Waals surface area contributed by atoms with Crippen LogP contribution < -0.4 is 4.90 Å². The Kier molecular flexibility index (Phi) is 5.78. The van der Waals surface area contributed by atoms with Crippen LogP contribution in [0.2, 0.25) is 5.02 Å². The van der Waals surface area contributed by atoms with Crippen molar-refractivity contribution in [2.75, 3.05) is 11.4 Å². The summed E-state index contributed by atoms with van der Waals surface area (Å²) in [5, 5.41) is 0.760. The third kappa shape index (κ3) is 3.99. The molecule has 1 unspecified atom stereocenters. The normalized spacial score (nSPS) is 19.0. The van der Waals surface area contributed by atoms with Gasteiger partial charge in [0.05, 0.1) is 10.7 Å². The van der Waals surface area contributed by atoms with Crippen LogP contribution in [-0.2, 0) is 0 Å². The van der Waals surface area contributed by atoms with Gasteiger partial charge < -0.3 is 4.90 Å². The first-order valence-electron chi connectivity index (χ1n) is 9.22. The van der Waals surface area contributed by atoms with E-state index in [2.05, 4.69) is 65.6 Å². The fraction of sp³-hybridized carbons (Fsp3) is 0.409. The van der Waals surface area contributed by atoms with Gasteiger partial charge in [-0.05, 0) is 74.6 Å². The van der Waals surface area contributed by atoms with Crippen molar-refractivity contribution in [1.82, 2.24) is 0 Å². The van der Waals surface area contributed by atoms with Gasteiger partial charge in [-0.2, -0.15) is 0 Å². The minimum absolute atomic E-state index is 0.152. The molecule has 0 aliphatic carbocycles. The van der Waals surface area contributed by atoms with E-state index in [-0.39, 0.29) is 5.54 Å². The number of anilines is 1. The van der Waals surface area contributed by atoms with Gasteiger partial charge in [0.15, 0.2) is 0 Å². The summed E-state index contributed by atoms with van der Waals surface area (Å²) >= 11 is 10.1. The molecule has 0 bridgehead atoms. The Morgan fingerprint density at radius 2 is 1.96 bits per heavy atom. The number of nitrogens with zero attached hydrogens (tertiary/aromatic N) is 2. The van der Waals surface area contributed by atoms with Crippen molar-refractivity contribution in [1.29, 1.82) is 0 Å². The van der Waals surface area contributed by atoms with E-state index in [0.717, 1.165) is 40.1 Å². The fourth-order valence-corrected chi connectivity index (χ4v) is 4.41. The van der Waals surface area contributed by atoms with Crippen molar-refractivity contribution in [2.24, 2.45) is 4.99 Å². The van der Waals surface area contributed by atoms with Crippen molar-refractivity contribution in [3.05, 3.63) is 57.0 Å². The zero-order valence-corrected chi connectivity index (χ0v) is 18.2. The van der Waals surface area contributed by atoms with Gasteiger partial charge in [0.2, 0.25) is 0 Å². The predicted molar refractivity (Wildman–Crippen MR) is 118 cm³/mol. The Labute approximate surface area is 170 Å². The van der Waals surface area contributed by atoms with Crippen LogP contribution in [0.5, 0.6) is 0 Å². The van der Waals surface area contributed by atoms with Gasteiger partial charge in [-0.15, -0.1) is 0 Å². The van der Waals surface area contributed by atoms with Crippen LogP contribution in [0.1, 0.15) is 57.6 Å². The summed E-state index contributed by atoms with van der Waals surface area (Å²) < 4.78 is 1.05. The second-order valence-electron chi connectivity index (χ2n) is 7.74. The Hall–Kier alpha value is -1.32. The Morgan fingerprint density at radius 3 is 2.62 bits per heavy atom. The average molecular weight is 434 g/mol. The molecule has 0 radical (unpaired) electrons. The van der Waals surface area contributed by atoms with Gasteiger partial charge in [0, 0.05) is 34.0 Å². The van der Waals surface area contributed by atoms with Crippen LogP contribution in [0.3, 0.4) is 0 Å². The number of hydrogen-bond donors (Lipinski definition) is 0. The predicted octanol–water partition coefficient (Wildman–Crippen LogP) is 7.36. The van der Waals surface area contributed by atoms with Crippen LogP contribution in [0.15, 0.2) is 45.9 Å². The maximum Gasteiger partial charge on any atom is 0.0630 e. The molecule has 0 spiro atoms. The molecule has 0 saturated heterocycles. The number of hydrogen-bond acceptors (Lipinski definition) is 2. The Balaban J connectivity index is 1.98. The number of rotatable bonds is 4. The summed E-state index contributed by atoms with van der Waals surface area (Å²) in [5.41, 5.74) is 4.71. The zero-order chi connectivity index (χ0) is 18.9. The largest absolute Gasteiger partial charge is 0.366 e. The van der Waals surface area contributed by atoms with Crippen LogP contribution >= 0.6 is 27.5 Å². The highest BCUT2D eigenvalue weighted by molar-refractivity contribution is 9.10. The zero-order valence-electron chi connectivity index (χ0n) is 15.9. The van der Waals surface area contributed by atoms with Crippen LogP contribution in [0, 0.1) is 0 Å². The average Bonchev–Trinajstić information content (AvgIpc) is 2.58. The molecule has 1 aliphatic rings. The first-order chi connectivity index (χ1) is 12.3. The van der Waals surface area contributed by atoms with E-state index in [1.807, 2.05) is 30.5 Å². The maximum absolute atomic E-state index is 6.63. The number of benzene rings is 2. The topological polar surface area (TPSA) is 15.6 Å². The first-order valence-corrected chi connectivity index (χ1v) is 10.4. The second-order valence-corrected chi connectivity index (χ2v) is 9.06. The molecule has 2 nitrogen and oxygen atoms in total. The lowest BCUT2D eigenvalue weighted by Crippen LogP contribution is -2.48. The maximum atomic E-state index is 6.63. The lowest BCUT2D eigenvalue weighted by molar-refractivity contribution is 0.376. The van der Waals surface area contributed by atoms with E-state index >= 15 is 0 Å². The molecule has 1 atom stereocenters. The third-order valence-corrected chi connectivity index (χ3v) is 5.99. The summed E-state index contributed by atoms with van der Waals surface area (Å²) in [6.45, 7) is 10.3. The van der Waals surface area contributed by atoms with Crippen molar-refractivity contribution in [3.63, 3.8) is 0 Å². The molecule has 0 aromatic heterocycles. The van der Waals surface area contributed by atoms with Crippen LogP contribution in [0.25, 0.3) is 0 Å². The third-order valence-electron chi connectivity index (χ3n) is 5.13. The monoisotopic (exact) mass is 432 g/mol. The van der Waals surface area contributed by atoms with E-state index in [0.29, 0.717) is 5.92 Å². The molecule has 2 aromatic carbocycles. The molecule has 3 rings (SSSR count). The molecule has 0 fully saturated rings. The molecular weight excluding hydrogens is 408 g/mol. The van der Waals surface area contributed by atoms with E-state index in [1.54, 1.807) is 0 Å². The van der Waals surface area contributed by atoms with Crippen molar-refractivity contribution in [3.8, 4) is 0 Å². The number of aliphatic imine (C=N–C) groups is 1. The summed E-state index contributed by atoms with van der Waals surface area (Å²) in [5.74, 6) is 0.505. The lowest BCUT2D eigenvalue weighted by Gasteiger charge is -2.47. The molecule has 0 saturated carbocycles. The molecule has 26 heavy (non-hydrogen) atoms. The van der Waals surface area contributed by atoms with E-state index in [9.17, 15) is 0 Å². The van der Waals surface area contributed by atoms with Gasteiger partial charge in [-0.25, -0.2) is 0 Å². The molecule has 1 heterocycles. The summed E-state index contributed by atoms with van der Waals surface area (Å²) in [6, 6.07) is 12.3. The fourth-order valence-electron chi connectivity index (χ4n) is 3.94. The van der Waals surface area contributed by atoms with Gasteiger partial charge in [-0.1, -0.05) is 41.4 Å². The van der Waals surface area contributed by atoms with Crippen molar-refractivity contribution < 1.29 is 0 Å². The first kappa shape index (κ1) is 19.4. The molecule has 0 amide bonds. The van der Waals surface area contributed by atoms with E-state index in [4.69, 9.17) is 11.6 Å². The highest BCUT2D eigenvalue weighted by atomic mass is 79.9. The standard InChI is InChI=1S/C22H26BrClN2/c1-5-10-26-21-12-20(24)16(11-19(21)15(2)13-22(26,3)4)14-25-18-8-6-17(23)7-9-18/h6-9,11-12,14-15H,5,10,13H2,1-4H3. The molecule has 4 heteroatoms. The van der Waals surface area contributed by atoms with Gasteiger partial charge in [0.25, 0.3) is 0 Å². The summed E-state index contributed by atoms with van der Waals surface area (Å²) in [4.78, 5) is 7.11. The number of halogens is 2. The minimum Gasteiger partial charge on any atom is -0.366 e. The van der Waals surface area contributed by atoms with Gasteiger partial charge in [-0.3, -0.25) is 4.99 Å². The molecule has 2 aromatic rings. The minimum atomic E-state index is 0.152. The quantitative estimate of drug-likeness (QED) is 0.460. The Morgan fingerprint density at radius 1 is 1.27 bits per heavy atom. The molecule has 1 aliphatic heterocycles. The van der Waals surface area contributed by atoms with Gasteiger partial charge >= 0.3 is 0 Å². The van der Waals surface area contributed by atoms with Crippen molar-refractivity contribution >= 4 is 45.1 Å². The molecule has 0 N–H and O–H groups in total. The SMILES string of the molecule is CCCN1c2cc(Cl)c(C=Nc3ccc(Br)cc3)cc2C(C)CC1(C)C. The highest BCUT2D eigenvalue weighted by Gasteiger charge is 2.36. The second kappa shape index (κ2) is 7.74. The van der Waals surface area contributed by atoms with Crippen molar-refractivity contribution in [2.45, 2.75) is 52.0 Å². The van der Waals surface area contributed by atoms with E-state index < -0.39 is 0 Å². The van der Waals surface area contributed by atoms with E-state index in [1.165, 1.54) is 11.3 Å². The van der Waals surface area contributed by atoms with Crippen LogP contribution in [-0.4, -0.2) is 18.3 Å². The lowest BCUT2D eigenvalue weighted by atomic mass is 9.79. The smallest absolute Gasteiger partial charge is 0.0630 e. The summed E-state index contributed by atoms with van der Waals surface area (Å²) in [6.07, 6.45) is 4.15. The highest BCUT2D eigenvalue weighted by Crippen LogP contribution is 2.45. The Bertz CT molecular complexity index is 812. The van der Waals surface area contributed by atoms with Crippen LogP contribution in [0.4, 0.5) is 11.4 Å².